The van der Waals surface area contributed by atoms with Crippen LogP contribution in [-0.2, 0) is 14.3 Å². The van der Waals surface area contributed by atoms with Crippen molar-refractivity contribution in [3.63, 3.8) is 0 Å². The van der Waals surface area contributed by atoms with E-state index in [0.717, 1.165) is 0 Å². The highest BCUT2D eigenvalue weighted by molar-refractivity contribution is 6.04. The number of nitrogens with one attached hydrogen (secondary N) is 2. The third-order valence-electron chi connectivity index (χ3n) is 2.57. The van der Waals surface area contributed by atoms with E-state index < -0.39 is 17.8 Å². The van der Waals surface area contributed by atoms with Crippen LogP contribution >= 0.6 is 0 Å². The van der Waals surface area contributed by atoms with Crippen molar-refractivity contribution in [2.24, 2.45) is 0 Å². The molecule has 0 atom stereocenters. The maximum atomic E-state index is 11.7. The molecule has 0 fully saturated rings. The maximum absolute atomic E-state index is 11.7. The van der Waals surface area contributed by atoms with Crippen LogP contribution in [0.4, 0.5) is 0 Å². The van der Waals surface area contributed by atoms with Gasteiger partial charge in [0.2, 0.25) is 5.91 Å². The summed E-state index contributed by atoms with van der Waals surface area (Å²) in [5.41, 5.74) is 0.312. The van der Waals surface area contributed by atoms with Gasteiger partial charge in [-0.25, -0.2) is 0 Å². The molecule has 20 heavy (non-hydrogen) atoms. The predicted octanol–water partition coefficient (Wildman–Crippen LogP) is 0.156. The summed E-state index contributed by atoms with van der Waals surface area (Å²) in [6.45, 7) is 4.32. The van der Waals surface area contributed by atoms with Gasteiger partial charge in [-0.15, -0.1) is 0 Å². The van der Waals surface area contributed by atoms with Crippen LogP contribution in [0.15, 0.2) is 18.3 Å². The Labute approximate surface area is 117 Å². The number of amides is 2. The lowest BCUT2D eigenvalue weighted by Crippen LogP contribution is -2.42. The topological polar surface area (TPSA) is 91.5 Å². The number of aromatic nitrogens is 1. The minimum Gasteiger partial charge on any atom is -0.465 e. The summed E-state index contributed by atoms with van der Waals surface area (Å²) in [4.78, 5) is 39.0. The predicted molar refractivity (Wildman–Crippen MR) is 72.0 cm³/mol. The normalized spacial score (nSPS) is 10.3. The molecule has 0 unspecified atom stereocenters. The molecule has 0 radical (unpaired) electrons. The number of ether oxygens (including phenoxy) is 1. The highest BCUT2D eigenvalue weighted by Crippen LogP contribution is 1.95. The van der Waals surface area contributed by atoms with Crippen LogP contribution in [-0.4, -0.2) is 53.9 Å². The number of hydrogen-bond donors (Lipinski definition) is 2. The third-order valence-corrected chi connectivity index (χ3v) is 2.57. The number of likely N-dealkylation sites (N-methyl/N-ethyl adjacent to an activating group) is 1. The Morgan fingerprint density at radius 2 is 2.05 bits per heavy atom. The molecule has 0 aliphatic carbocycles. The quantitative estimate of drug-likeness (QED) is 0.694. The van der Waals surface area contributed by atoms with Gasteiger partial charge in [0.25, 0.3) is 5.91 Å². The standard InChI is InChI=1S/C13H19N3O4/c1-3-16(9-12(18)20-4-2)8-11(17)15-13(19)10-6-5-7-14-10/h5-7,14H,3-4,8-9H2,1-2H3,(H,15,17,19). The smallest absolute Gasteiger partial charge is 0.320 e. The summed E-state index contributed by atoms with van der Waals surface area (Å²) >= 11 is 0. The van der Waals surface area contributed by atoms with E-state index in [4.69, 9.17) is 4.74 Å². The van der Waals surface area contributed by atoms with Crippen molar-refractivity contribution in [1.82, 2.24) is 15.2 Å². The first-order valence-corrected chi connectivity index (χ1v) is 6.42. The van der Waals surface area contributed by atoms with Gasteiger partial charge >= 0.3 is 5.97 Å². The molecule has 2 N–H and O–H groups in total. The second-order valence-corrected chi connectivity index (χ2v) is 4.07. The molecule has 7 nitrogen and oxygen atoms in total. The van der Waals surface area contributed by atoms with E-state index in [2.05, 4.69) is 10.3 Å². The van der Waals surface area contributed by atoms with Crippen LogP contribution in [0.25, 0.3) is 0 Å². The van der Waals surface area contributed by atoms with Gasteiger partial charge in [-0.2, -0.15) is 0 Å². The third kappa shape index (κ3) is 5.23. The lowest BCUT2D eigenvalue weighted by atomic mass is 10.4. The molecule has 0 aromatic carbocycles. The Balaban J connectivity index is 2.43. The molecule has 7 heteroatoms. The minimum absolute atomic E-state index is 0.0223. The van der Waals surface area contributed by atoms with Crippen molar-refractivity contribution in [1.29, 1.82) is 0 Å². The van der Waals surface area contributed by atoms with Crippen LogP contribution in [0, 0.1) is 0 Å². The van der Waals surface area contributed by atoms with Crippen molar-refractivity contribution >= 4 is 17.8 Å². The van der Waals surface area contributed by atoms with Crippen LogP contribution in [0.1, 0.15) is 24.3 Å². The van der Waals surface area contributed by atoms with Crippen molar-refractivity contribution < 1.29 is 19.1 Å². The van der Waals surface area contributed by atoms with E-state index in [1.165, 1.54) is 0 Å². The molecule has 1 aromatic heterocycles. The molecule has 0 aliphatic rings. The van der Waals surface area contributed by atoms with E-state index in [0.29, 0.717) is 18.8 Å². The van der Waals surface area contributed by atoms with Gasteiger partial charge < -0.3 is 9.72 Å². The summed E-state index contributed by atoms with van der Waals surface area (Å²) < 4.78 is 4.81. The number of nitrogens with zero attached hydrogens (tertiary/aromatic N) is 1. The van der Waals surface area contributed by atoms with Gasteiger partial charge in [0.1, 0.15) is 5.69 Å². The molecule has 0 spiro atoms. The molecule has 1 heterocycles. The van der Waals surface area contributed by atoms with Gasteiger partial charge in [-0.1, -0.05) is 6.92 Å². The SMILES string of the molecule is CCOC(=O)CN(CC)CC(=O)NC(=O)c1ccc[nH]1. The zero-order valence-corrected chi connectivity index (χ0v) is 11.6. The highest BCUT2D eigenvalue weighted by Gasteiger charge is 2.16. The van der Waals surface area contributed by atoms with E-state index >= 15 is 0 Å². The Morgan fingerprint density at radius 3 is 2.60 bits per heavy atom. The average Bonchev–Trinajstić information content (AvgIpc) is 2.92. The van der Waals surface area contributed by atoms with Crippen LogP contribution < -0.4 is 5.32 Å². The molecule has 1 aromatic rings. The maximum Gasteiger partial charge on any atom is 0.320 e. The molecular weight excluding hydrogens is 262 g/mol. The summed E-state index contributed by atoms with van der Waals surface area (Å²) in [6.07, 6.45) is 1.60. The summed E-state index contributed by atoms with van der Waals surface area (Å²) in [5.74, 6) is -1.35. The zero-order valence-electron chi connectivity index (χ0n) is 11.6. The number of carbonyl (C=O) groups is 3. The Kier molecular flexibility index (Phi) is 6.45. The summed E-state index contributed by atoms with van der Waals surface area (Å²) in [7, 11) is 0. The van der Waals surface area contributed by atoms with Crippen LogP contribution in [0.3, 0.4) is 0 Å². The first-order chi connectivity index (χ1) is 9.56. The van der Waals surface area contributed by atoms with E-state index in [1.54, 1.807) is 30.2 Å². The molecular formula is C13H19N3O4. The van der Waals surface area contributed by atoms with Crippen molar-refractivity contribution in [2.45, 2.75) is 13.8 Å². The Morgan fingerprint density at radius 1 is 1.30 bits per heavy atom. The van der Waals surface area contributed by atoms with Crippen molar-refractivity contribution in [2.75, 3.05) is 26.2 Å². The van der Waals surface area contributed by atoms with E-state index in [9.17, 15) is 14.4 Å². The fourth-order valence-corrected chi connectivity index (χ4v) is 1.58. The summed E-state index contributed by atoms with van der Waals surface area (Å²) in [6, 6.07) is 3.23. The molecule has 0 saturated heterocycles. The van der Waals surface area contributed by atoms with Crippen LogP contribution in [0.5, 0.6) is 0 Å². The van der Waals surface area contributed by atoms with Gasteiger partial charge in [0, 0.05) is 6.20 Å². The minimum atomic E-state index is -0.493. The van der Waals surface area contributed by atoms with Crippen molar-refractivity contribution in [3.05, 3.63) is 24.0 Å². The number of hydrogen-bond acceptors (Lipinski definition) is 5. The monoisotopic (exact) mass is 281 g/mol. The van der Waals surface area contributed by atoms with Gasteiger partial charge in [0.05, 0.1) is 19.7 Å². The van der Waals surface area contributed by atoms with Gasteiger partial charge in [-0.3, -0.25) is 24.6 Å². The first kappa shape index (κ1) is 15.9. The number of imide groups is 1. The number of H-pyrrole nitrogens is 1. The van der Waals surface area contributed by atoms with Crippen molar-refractivity contribution in [3.8, 4) is 0 Å². The molecule has 110 valence electrons. The zero-order chi connectivity index (χ0) is 15.0. The number of aromatic amines is 1. The Hall–Kier alpha value is -2.15. The first-order valence-electron chi connectivity index (χ1n) is 6.42. The van der Waals surface area contributed by atoms with Gasteiger partial charge in [-0.05, 0) is 25.6 Å². The highest BCUT2D eigenvalue weighted by atomic mass is 16.5. The number of rotatable bonds is 7. The summed E-state index contributed by atoms with van der Waals surface area (Å²) in [5, 5.41) is 2.25. The number of carbonyl (C=O) groups excluding carboxylic acids is 3. The Bertz CT molecular complexity index is 456. The fourth-order valence-electron chi connectivity index (χ4n) is 1.58. The second-order valence-electron chi connectivity index (χ2n) is 4.07. The average molecular weight is 281 g/mol. The lowest BCUT2D eigenvalue weighted by molar-refractivity contribution is -0.144. The number of esters is 1. The van der Waals surface area contributed by atoms with Gasteiger partial charge in [0.15, 0.2) is 0 Å². The molecule has 2 amide bonds. The van der Waals surface area contributed by atoms with E-state index in [-0.39, 0.29) is 13.1 Å². The second kappa shape index (κ2) is 8.11. The largest absolute Gasteiger partial charge is 0.465 e. The lowest BCUT2D eigenvalue weighted by Gasteiger charge is -2.18. The van der Waals surface area contributed by atoms with E-state index in [1.807, 2.05) is 6.92 Å². The fraction of sp³-hybridized carbons (Fsp3) is 0.462. The molecule has 0 saturated carbocycles. The van der Waals surface area contributed by atoms with Crippen LogP contribution in [0.2, 0.25) is 0 Å². The molecule has 1 rings (SSSR count). The molecule has 0 bridgehead atoms. The molecule has 0 aliphatic heterocycles.